The Labute approximate surface area is 143 Å². The Morgan fingerprint density at radius 2 is 1.21 bits per heavy atom. The maximum Gasteiger partial charge on any atom is 0.0464 e. The SMILES string of the molecule is C(=C1Cc2ccccc2C(=Cc2ccccc2)N1)c1ccccc1. The fourth-order valence-corrected chi connectivity index (χ4v) is 3.09. The van der Waals surface area contributed by atoms with Crippen LogP contribution in [0.5, 0.6) is 0 Å². The third kappa shape index (κ3) is 3.16. The zero-order valence-corrected chi connectivity index (χ0v) is 13.4. The van der Waals surface area contributed by atoms with E-state index in [1.54, 1.807) is 0 Å². The van der Waals surface area contributed by atoms with Gasteiger partial charge < -0.3 is 5.32 Å². The fourth-order valence-electron chi connectivity index (χ4n) is 3.09. The maximum absolute atomic E-state index is 3.63. The van der Waals surface area contributed by atoms with Gasteiger partial charge in [-0.25, -0.2) is 0 Å². The second-order valence-corrected chi connectivity index (χ2v) is 6.01. The molecule has 1 heteroatoms. The third-order valence-electron chi connectivity index (χ3n) is 4.23. The molecule has 1 aliphatic rings. The van der Waals surface area contributed by atoms with E-state index in [1.807, 2.05) is 12.1 Å². The summed E-state index contributed by atoms with van der Waals surface area (Å²) in [5.41, 5.74) is 7.45. The molecule has 1 heterocycles. The Kier molecular flexibility index (Phi) is 3.99. The lowest BCUT2D eigenvalue weighted by Gasteiger charge is -2.24. The van der Waals surface area contributed by atoms with Crippen molar-refractivity contribution in [3.05, 3.63) is 113 Å². The first kappa shape index (κ1) is 14.5. The van der Waals surface area contributed by atoms with Crippen LogP contribution in [0.4, 0.5) is 0 Å². The minimum atomic E-state index is 0.928. The zero-order valence-electron chi connectivity index (χ0n) is 13.4. The Morgan fingerprint density at radius 1 is 0.625 bits per heavy atom. The molecule has 24 heavy (non-hydrogen) atoms. The summed E-state index contributed by atoms with van der Waals surface area (Å²) >= 11 is 0. The molecular weight excluding hydrogens is 290 g/mol. The Bertz CT molecular complexity index is 890. The molecular formula is C23H19N. The molecule has 0 radical (unpaired) electrons. The highest BCUT2D eigenvalue weighted by molar-refractivity contribution is 5.85. The van der Waals surface area contributed by atoms with Crippen molar-refractivity contribution in [1.29, 1.82) is 0 Å². The van der Waals surface area contributed by atoms with Crippen LogP contribution in [-0.2, 0) is 6.42 Å². The molecule has 1 N–H and O–H groups in total. The highest BCUT2D eigenvalue weighted by Gasteiger charge is 2.16. The molecule has 0 spiro atoms. The fraction of sp³-hybridized carbons (Fsp3) is 0.0435. The molecule has 0 saturated heterocycles. The third-order valence-corrected chi connectivity index (χ3v) is 4.23. The van der Waals surface area contributed by atoms with Gasteiger partial charge in [-0.15, -0.1) is 0 Å². The van der Waals surface area contributed by atoms with Gasteiger partial charge in [-0.05, 0) is 28.8 Å². The van der Waals surface area contributed by atoms with Crippen LogP contribution in [0.1, 0.15) is 22.3 Å². The summed E-state index contributed by atoms with van der Waals surface area (Å²) in [6.07, 6.45) is 5.38. The molecule has 0 atom stereocenters. The molecule has 0 unspecified atom stereocenters. The number of allylic oxidation sites excluding steroid dienone is 1. The van der Waals surface area contributed by atoms with E-state index in [0.717, 1.165) is 12.1 Å². The summed E-state index contributed by atoms with van der Waals surface area (Å²) in [4.78, 5) is 0. The van der Waals surface area contributed by atoms with Crippen LogP contribution in [0.3, 0.4) is 0 Å². The molecule has 0 saturated carbocycles. The number of nitrogens with one attached hydrogen (secondary N) is 1. The van der Waals surface area contributed by atoms with Gasteiger partial charge in [0.1, 0.15) is 0 Å². The summed E-state index contributed by atoms with van der Waals surface area (Å²) in [5, 5.41) is 3.63. The van der Waals surface area contributed by atoms with Crippen molar-refractivity contribution >= 4 is 17.8 Å². The predicted octanol–water partition coefficient (Wildman–Crippen LogP) is 5.37. The molecule has 0 aliphatic carbocycles. The molecule has 3 aromatic rings. The Balaban J connectivity index is 1.76. The molecule has 0 amide bonds. The summed E-state index contributed by atoms with van der Waals surface area (Å²) in [5.74, 6) is 0. The molecule has 1 aliphatic heterocycles. The Hall–Kier alpha value is -3.06. The number of hydrogen-bond donors (Lipinski definition) is 1. The van der Waals surface area contributed by atoms with Gasteiger partial charge in [0.05, 0.1) is 0 Å². The maximum atomic E-state index is 3.63. The van der Waals surface area contributed by atoms with Crippen LogP contribution in [0.25, 0.3) is 17.8 Å². The smallest absolute Gasteiger partial charge is 0.0464 e. The van der Waals surface area contributed by atoms with Crippen molar-refractivity contribution in [3.63, 3.8) is 0 Å². The summed E-state index contributed by atoms with van der Waals surface area (Å²) in [7, 11) is 0. The van der Waals surface area contributed by atoms with E-state index < -0.39 is 0 Å². The molecule has 116 valence electrons. The molecule has 0 aromatic heterocycles. The van der Waals surface area contributed by atoms with Gasteiger partial charge in [0.2, 0.25) is 0 Å². The first-order valence-electron chi connectivity index (χ1n) is 8.26. The van der Waals surface area contributed by atoms with Gasteiger partial charge in [-0.1, -0.05) is 84.9 Å². The van der Waals surface area contributed by atoms with Gasteiger partial charge in [0.25, 0.3) is 0 Å². The van der Waals surface area contributed by atoms with Gasteiger partial charge in [-0.2, -0.15) is 0 Å². The van der Waals surface area contributed by atoms with Crippen LogP contribution in [0.15, 0.2) is 90.6 Å². The van der Waals surface area contributed by atoms with E-state index in [4.69, 9.17) is 0 Å². The van der Waals surface area contributed by atoms with E-state index in [1.165, 1.54) is 28.0 Å². The van der Waals surface area contributed by atoms with Crippen LogP contribution in [0, 0.1) is 0 Å². The van der Waals surface area contributed by atoms with Crippen molar-refractivity contribution in [2.24, 2.45) is 0 Å². The van der Waals surface area contributed by atoms with Gasteiger partial charge in [0, 0.05) is 23.4 Å². The lowest BCUT2D eigenvalue weighted by Crippen LogP contribution is -2.20. The summed E-state index contributed by atoms with van der Waals surface area (Å²) in [6, 6.07) is 29.5. The van der Waals surface area contributed by atoms with Crippen molar-refractivity contribution in [1.82, 2.24) is 5.32 Å². The first-order valence-corrected chi connectivity index (χ1v) is 8.26. The quantitative estimate of drug-likeness (QED) is 0.671. The highest BCUT2D eigenvalue weighted by atomic mass is 14.9. The monoisotopic (exact) mass is 309 g/mol. The molecule has 1 nitrogen and oxygen atoms in total. The highest BCUT2D eigenvalue weighted by Crippen LogP contribution is 2.28. The summed E-state index contributed by atoms with van der Waals surface area (Å²) in [6.45, 7) is 0. The molecule has 3 aromatic carbocycles. The second kappa shape index (κ2) is 6.59. The van der Waals surface area contributed by atoms with E-state index >= 15 is 0 Å². The van der Waals surface area contributed by atoms with Gasteiger partial charge in [-0.3, -0.25) is 0 Å². The zero-order chi connectivity index (χ0) is 16.2. The minimum Gasteiger partial charge on any atom is -0.358 e. The van der Waals surface area contributed by atoms with E-state index in [0.29, 0.717) is 0 Å². The second-order valence-electron chi connectivity index (χ2n) is 6.01. The largest absolute Gasteiger partial charge is 0.358 e. The van der Waals surface area contributed by atoms with E-state index in [9.17, 15) is 0 Å². The Morgan fingerprint density at radius 3 is 1.92 bits per heavy atom. The standard InChI is InChI=1S/C23H19N/c1-3-9-18(10-4-1)15-21-17-20-13-7-8-14-22(20)23(24-21)16-19-11-5-2-6-12-19/h1-16,24H,17H2. The summed E-state index contributed by atoms with van der Waals surface area (Å²) < 4.78 is 0. The van der Waals surface area contributed by atoms with E-state index in [2.05, 4.69) is 90.3 Å². The molecule has 4 rings (SSSR count). The first-order chi connectivity index (χ1) is 11.9. The van der Waals surface area contributed by atoms with Crippen molar-refractivity contribution in [2.75, 3.05) is 0 Å². The normalized spacial score (nSPS) is 16.7. The lowest BCUT2D eigenvalue weighted by molar-refractivity contribution is 0.956. The molecule has 0 bridgehead atoms. The number of benzene rings is 3. The van der Waals surface area contributed by atoms with Crippen molar-refractivity contribution < 1.29 is 0 Å². The van der Waals surface area contributed by atoms with Crippen LogP contribution >= 0.6 is 0 Å². The lowest BCUT2D eigenvalue weighted by atomic mass is 9.94. The minimum absolute atomic E-state index is 0.928. The van der Waals surface area contributed by atoms with Crippen molar-refractivity contribution in [2.45, 2.75) is 6.42 Å². The predicted molar refractivity (Wildman–Crippen MR) is 102 cm³/mol. The number of fused-ring (bicyclic) bond motifs is 1. The van der Waals surface area contributed by atoms with Crippen LogP contribution in [-0.4, -0.2) is 0 Å². The van der Waals surface area contributed by atoms with Gasteiger partial charge >= 0.3 is 0 Å². The van der Waals surface area contributed by atoms with Crippen LogP contribution < -0.4 is 5.32 Å². The molecule has 0 fully saturated rings. The van der Waals surface area contributed by atoms with Crippen molar-refractivity contribution in [3.8, 4) is 0 Å². The van der Waals surface area contributed by atoms with Crippen LogP contribution in [0.2, 0.25) is 0 Å². The average molecular weight is 309 g/mol. The van der Waals surface area contributed by atoms with E-state index in [-0.39, 0.29) is 0 Å². The average Bonchev–Trinajstić information content (AvgIpc) is 2.63. The number of rotatable bonds is 2. The topological polar surface area (TPSA) is 12.0 Å². The number of hydrogen-bond acceptors (Lipinski definition) is 1. The van der Waals surface area contributed by atoms with Gasteiger partial charge in [0.15, 0.2) is 0 Å².